The van der Waals surface area contributed by atoms with Crippen LogP contribution < -0.4 is 5.32 Å². The first-order valence-electron chi connectivity index (χ1n) is 8.79. The molecule has 3 rings (SSSR count). The van der Waals surface area contributed by atoms with Gasteiger partial charge in [-0.25, -0.2) is 0 Å². The predicted octanol–water partition coefficient (Wildman–Crippen LogP) is 3.26. The maximum absolute atomic E-state index is 12.5. The second-order valence-corrected chi connectivity index (χ2v) is 6.68. The van der Waals surface area contributed by atoms with Gasteiger partial charge in [0.15, 0.2) is 0 Å². The zero-order chi connectivity index (χ0) is 16.8. The Hall–Kier alpha value is -2.13. The predicted molar refractivity (Wildman–Crippen MR) is 97.6 cm³/mol. The molecule has 0 radical (unpaired) electrons. The van der Waals surface area contributed by atoms with Crippen molar-refractivity contribution in [3.63, 3.8) is 0 Å². The van der Waals surface area contributed by atoms with Gasteiger partial charge in [0.25, 0.3) is 0 Å². The summed E-state index contributed by atoms with van der Waals surface area (Å²) in [5, 5.41) is 3.46. The Labute approximate surface area is 144 Å². The van der Waals surface area contributed by atoms with Gasteiger partial charge in [-0.2, -0.15) is 0 Å². The molecule has 0 saturated carbocycles. The number of hydrogen-bond donors (Lipinski definition) is 1. The molecule has 2 atom stereocenters. The Morgan fingerprint density at radius 3 is 2.29 bits per heavy atom. The van der Waals surface area contributed by atoms with Crippen LogP contribution in [0.5, 0.6) is 0 Å². The number of carbonyl (C=O) groups excluding carboxylic acids is 1. The molecule has 1 saturated heterocycles. The summed E-state index contributed by atoms with van der Waals surface area (Å²) in [5.41, 5.74) is 2.60. The van der Waals surface area contributed by atoms with Crippen molar-refractivity contribution in [2.75, 3.05) is 13.6 Å². The molecule has 1 fully saturated rings. The van der Waals surface area contributed by atoms with Crippen LogP contribution >= 0.6 is 0 Å². The van der Waals surface area contributed by atoms with Gasteiger partial charge in [-0.3, -0.25) is 4.79 Å². The summed E-state index contributed by atoms with van der Waals surface area (Å²) in [6, 6.07) is 21.2. The number of carbonyl (C=O) groups is 1. The van der Waals surface area contributed by atoms with Crippen LogP contribution in [0.2, 0.25) is 0 Å². The van der Waals surface area contributed by atoms with Crippen molar-refractivity contribution in [1.82, 2.24) is 10.2 Å². The quantitative estimate of drug-likeness (QED) is 0.794. The number of rotatable bonds is 7. The average Bonchev–Trinajstić information content (AvgIpc) is 2.89. The normalized spacial score (nSPS) is 20.5. The molecule has 126 valence electrons. The lowest BCUT2D eigenvalue weighted by Crippen LogP contribution is -2.31. The average molecular weight is 322 g/mol. The molecular weight excluding hydrogens is 296 g/mol. The van der Waals surface area contributed by atoms with Gasteiger partial charge >= 0.3 is 0 Å². The molecule has 1 N–H and O–H groups in total. The third-order valence-electron chi connectivity index (χ3n) is 4.96. The van der Waals surface area contributed by atoms with Crippen molar-refractivity contribution in [3.8, 4) is 0 Å². The Morgan fingerprint density at radius 1 is 1.00 bits per heavy atom. The van der Waals surface area contributed by atoms with Gasteiger partial charge in [-0.1, -0.05) is 60.7 Å². The van der Waals surface area contributed by atoms with Crippen LogP contribution in [0.25, 0.3) is 0 Å². The highest BCUT2D eigenvalue weighted by Crippen LogP contribution is 2.28. The van der Waals surface area contributed by atoms with E-state index in [1.807, 2.05) is 24.1 Å². The molecule has 2 aromatic carbocycles. The first kappa shape index (κ1) is 16.7. The molecule has 24 heavy (non-hydrogen) atoms. The van der Waals surface area contributed by atoms with E-state index < -0.39 is 0 Å². The van der Waals surface area contributed by atoms with E-state index in [4.69, 9.17) is 0 Å². The van der Waals surface area contributed by atoms with Crippen LogP contribution in [0.3, 0.4) is 0 Å². The summed E-state index contributed by atoms with van der Waals surface area (Å²) in [7, 11) is 1.95. The number of likely N-dealkylation sites (tertiary alicyclic amines) is 1. The molecule has 3 heteroatoms. The van der Waals surface area contributed by atoms with E-state index in [1.54, 1.807) is 0 Å². The molecule has 1 aliphatic heterocycles. The Balaban J connectivity index is 1.45. The van der Waals surface area contributed by atoms with Crippen molar-refractivity contribution in [1.29, 1.82) is 0 Å². The molecule has 0 aromatic heterocycles. The molecule has 0 aliphatic carbocycles. The highest BCUT2D eigenvalue weighted by atomic mass is 16.2. The first-order chi connectivity index (χ1) is 11.7. The van der Waals surface area contributed by atoms with Crippen molar-refractivity contribution >= 4 is 5.91 Å². The van der Waals surface area contributed by atoms with Gasteiger partial charge in [-0.15, -0.1) is 0 Å². The molecule has 2 aromatic rings. The number of amides is 1. The minimum atomic E-state index is 0.159. The van der Waals surface area contributed by atoms with Crippen LogP contribution in [0.15, 0.2) is 60.7 Å². The van der Waals surface area contributed by atoms with Gasteiger partial charge in [-0.05, 0) is 36.9 Å². The molecule has 1 unspecified atom stereocenters. The highest BCUT2D eigenvalue weighted by Gasteiger charge is 2.36. The maximum Gasteiger partial charge on any atom is 0.225 e. The van der Waals surface area contributed by atoms with Gasteiger partial charge < -0.3 is 10.2 Å². The second kappa shape index (κ2) is 8.11. The van der Waals surface area contributed by atoms with E-state index in [0.29, 0.717) is 11.9 Å². The zero-order valence-corrected chi connectivity index (χ0v) is 14.3. The molecular formula is C21H26N2O. The Kier molecular flexibility index (Phi) is 5.65. The number of hydrogen-bond acceptors (Lipinski definition) is 2. The first-order valence-corrected chi connectivity index (χ1v) is 8.79. The Morgan fingerprint density at radius 2 is 1.62 bits per heavy atom. The standard InChI is InChI=1S/C21H26N2O/c1-23-20(14-17-8-4-2-5-9-17)15-19(21(23)24)12-13-22-16-18-10-6-3-7-11-18/h2-11,19-20,22H,12-16H2,1H3/t19?,20-/m0/s1. The van der Waals surface area contributed by atoms with E-state index in [-0.39, 0.29) is 5.92 Å². The van der Waals surface area contributed by atoms with Gasteiger partial charge in [0.05, 0.1) is 0 Å². The summed E-state index contributed by atoms with van der Waals surface area (Å²) in [6.07, 6.45) is 2.84. The molecule has 0 bridgehead atoms. The summed E-state index contributed by atoms with van der Waals surface area (Å²) in [6.45, 7) is 1.75. The van der Waals surface area contributed by atoms with Gasteiger partial charge in [0.1, 0.15) is 0 Å². The monoisotopic (exact) mass is 322 g/mol. The molecule has 1 amide bonds. The minimum Gasteiger partial charge on any atom is -0.342 e. The van der Waals surface area contributed by atoms with E-state index in [9.17, 15) is 4.79 Å². The topological polar surface area (TPSA) is 32.3 Å². The third-order valence-corrected chi connectivity index (χ3v) is 4.96. The second-order valence-electron chi connectivity index (χ2n) is 6.68. The highest BCUT2D eigenvalue weighted by molar-refractivity contribution is 5.81. The van der Waals surface area contributed by atoms with Crippen LogP contribution in [0.4, 0.5) is 0 Å². The van der Waals surface area contributed by atoms with Gasteiger partial charge in [0, 0.05) is 25.6 Å². The Bertz CT molecular complexity index is 641. The fourth-order valence-electron chi connectivity index (χ4n) is 3.51. The largest absolute Gasteiger partial charge is 0.342 e. The van der Waals surface area contributed by atoms with Crippen LogP contribution in [-0.4, -0.2) is 30.4 Å². The van der Waals surface area contributed by atoms with Crippen molar-refractivity contribution in [2.45, 2.75) is 31.8 Å². The SMILES string of the molecule is CN1C(=O)C(CCNCc2ccccc2)C[C@@H]1Cc1ccccc1. The number of likely N-dealkylation sites (N-methyl/N-ethyl adjacent to an activating group) is 1. The van der Waals surface area contributed by atoms with E-state index in [1.165, 1.54) is 11.1 Å². The number of nitrogens with zero attached hydrogens (tertiary/aromatic N) is 1. The molecule has 1 heterocycles. The third kappa shape index (κ3) is 4.24. The van der Waals surface area contributed by atoms with Crippen molar-refractivity contribution in [3.05, 3.63) is 71.8 Å². The lowest BCUT2D eigenvalue weighted by atomic mass is 9.97. The fourth-order valence-corrected chi connectivity index (χ4v) is 3.51. The van der Waals surface area contributed by atoms with Gasteiger partial charge in [0.2, 0.25) is 5.91 Å². The number of benzene rings is 2. The summed E-state index contributed by atoms with van der Waals surface area (Å²) < 4.78 is 0. The van der Waals surface area contributed by atoms with E-state index in [0.717, 1.165) is 32.4 Å². The van der Waals surface area contributed by atoms with Crippen molar-refractivity contribution < 1.29 is 4.79 Å². The summed E-state index contributed by atoms with van der Waals surface area (Å²) in [5.74, 6) is 0.462. The molecule has 0 spiro atoms. The fraction of sp³-hybridized carbons (Fsp3) is 0.381. The maximum atomic E-state index is 12.5. The summed E-state index contributed by atoms with van der Waals surface area (Å²) >= 11 is 0. The molecule has 1 aliphatic rings. The summed E-state index contributed by atoms with van der Waals surface area (Å²) in [4.78, 5) is 14.4. The van der Waals surface area contributed by atoms with E-state index in [2.05, 4.69) is 53.8 Å². The minimum absolute atomic E-state index is 0.159. The van der Waals surface area contributed by atoms with E-state index >= 15 is 0 Å². The van der Waals surface area contributed by atoms with Crippen LogP contribution in [0.1, 0.15) is 24.0 Å². The van der Waals surface area contributed by atoms with Crippen molar-refractivity contribution in [2.24, 2.45) is 5.92 Å². The lowest BCUT2D eigenvalue weighted by molar-refractivity contribution is -0.130. The molecule has 3 nitrogen and oxygen atoms in total. The smallest absolute Gasteiger partial charge is 0.225 e. The van der Waals surface area contributed by atoms with Crippen LogP contribution in [0, 0.1) is 5.92 Å². The number of nitrogens with one attached hydrogen (secondary N) is 1. The van der Waals surface area contributed by atoms with Crippen LogP contribution in [-0.2, 0) is 17.8 Å². The zero-order valence-electron chi connectivity index (χ0n) is 14.3. The lowest BCUT2D eigenvalue weighted by Gasteiger charge is -2.19.